The molecule has 1 atom stereocenters. The Hall–Kier alpha value is -2.82. The smallest absolute Gasteiger partial charge is 0.231 e. The van der Waals surface area contributed by atoms with E-state index < -0.39 is 0 Å². The number of benzene rings is 1. The number of amides is 1. The number of carbonyl (C=O) groups excluding carboxylic acids is 1. The van der Waals surface area contributed by atoms with Crippen molar-refractivity contribution in [2.24, 2.45) is 5.92 Å². The second kappa shape index (κ2) is 8.25. The highest BCUT2D eigenvalue weighted by atomic mass is 16.7. The zero-order chi connectivity index (χ0) is 18.5. The quantitative estimate of drug-likeness (QED) is 0.733. The predicted octanol–water partition coefficient (Wildman–Crippen LogP) is 3.74. The number of pyridine rings is 1. The average molecular weight is 364 g/mol. The second-order valence-electron chi connectivity index (χ2n) is 7.11. The highest BCUT2D eigenvalue weighted by molar-refractivity contribution is 5.79. The van der Waals surface area contributed by atoms with Crippen LogP contribution < -0.4 is 9.47 Å². The molecule has 0 spiro atoms. The Kier molecular flexibility index (Phi) is 5.37. The van der Waals surface area contributed by atoms with Crippen LogP contribution in [-0.4, -0.2) is 29.1 Å². The van der Waals surface area contributed by atoms with Crippen molar-refractivity contribution in [2.75, 3.05) is 13.3 Å². The van der Waals surface area contributed by atoms with Gasteiger partial charge in [0.25, 0.3) is 0 Å². The monoisotopic (exact) mass is 364 g/mol. The highest BCUT2D eigenvalue weighted by Crippen LogP contribution is 2.32. The normalized spacial score (nSPS) is 17.7. The van der Waals surface area contributed by atoms with Crippen molar-refractivity contribution in [2.45, 2.75) is 32.2 Å². The summed E-state index contributed by atoms with van der Waals surface area (Å²) in [7, 11) is 0. The van der Waals surface area contributed by atoms with E-state index in [2.05, 4.69) is 17.1 Å². The van der Waals surface area contributed by atoms with Gasteiger partial charge in [-0.1, -0.05) is 24.3 Å². The van der Waals surface area contributed by atoms with Crippen LogP contribution in [0.2, 0.25) is 0 Å². The lowest BCUT2D eigenvalue weighted by Crippen LogP contribution is -2.36. The zero-order valence-corrected chi connectivity index (χ0v) is 15.3. The van der Waals surface area contributed by atoms with Crippen LogP contribution in [0.5, 0.6) is 11.5 Å². The van der Waals surface area contributed by atoms with Crippen molar-refractivity contribution >= 4 is 5.91 Å². The number of aromatic nitrogens is 1. The van der Waals surface area contributed by atoms with Gasteiger partial charge in [0.2, 0.25) is 12.7 Å². The lowest BCUT2D eigenvalue weighted by Gasteiger charge is -2.28. The lowest BCUT2D eigenvalue weighted by atomic mass is 9.93. The van der Waals surface area contributed by atoms with Gasteiger partial charge in [-0.25, -0.2) is 0 Å². The van der Waals surface area contributed by atoms with E-state index in [4.69, 9.17) is 9.47 Å². The van der Waals surface area contributed by atoms with E-state index >= 15 is 0 Å². The Morgan fingerprint density at radius 3 is 2.89 bits per heavy atom. The van der Waals surface area contributed by atoms with Gasteiger partial charge in [-0.3, -0.25) is 9.78 Å². The van der Waals surface area contributed by atoms with E-state index in [-0.39, 0.29) is 12.7 Å². The Balaban J connectivity index is 1.47. The van der Waals surface area contributed by atoms with Crippen LogP contribution in [-0.2, 0) is 17.8 Å². The summed E-state index contributed by atoms with van der Waals surface area (Å²) in [5.74, 6) is 2.09. The van der Waals surface area contributed by atoms with Crippen LogP contribution in [0.3, 0.4) is 0 Å². The molecule has 2 heterocycles. The van der Waals surface area contributed by atoms with Gasteiger partial charge in [0.05, 0.1) is 18.7 Å². The molecule has 0 bridgehead atoms. The third kappa shape index (κ3) is 4.48. The van der Waals surface area contributed by atoms with Gasteiger partial charge in [0.15, 0.2) is 11.5 Å². The SMILES string of the molecule is O=C(Cc1ccc2c(c1)OCO2)N(Cc1ccccn1)C[C@@H]1CC=CCC1. The van der Waals surface area contributed by atoms with Crippen LogP contribution in [0.4, 0.5) is 0 Å². The molecule has 2 aromatic rings. The van der Waals surface area contributed by atoms with Crippen LogP contribution in [0, 0.1) is 5.92 Å². The van der Waals surface area contributed by atoms with Crippen molar-refractivity contribution < 1.29 is 14.3 Å². The molecule has 1 aromatic carbocycles. The van der Waals surface area contributed by atoms with Gasteiger partial charge in [0.1, 0.15) is 0 Å². The number of ether oxygens (including phenoxy) is 2. The summed E-state index contributed by atoms with van der Waals surface area (Å²) in [6.07, 6.45) is 9.86. The van der Waals surface area contributed by atoms with Gasteiger partial charge >= 0.3 is 0 Å². The molecule has 0 saturated carbocycles. The first-order chi connectivity index (χ1) is 13.3. The fraction of sp³-hybridized carbons (Fsp3) is 0.364. The van der Waals surface area contributed by atoms with Gasteiger partial charge in [-0.15, -0.1) is 0 Å². The van der Waals surface area contributed by atoms with Gasteiger partial charge < -0.3 is 14.4 Å². The first kappa shape index (κ1) is 17.6. The maximum atomic E-state index is 13.1. The van der Waals surface area contributed by atoms with Gasteiger partial charge in [0, 0.05) is 12.7 Å². The molecule has 0 unspecified atom stereocenters. The predicted molar refractivity (Wildman–Crippen MR) is 102 cm³/mol. The van der Waals surface area contributed by atoms with Crippen LogP contribution in [0.1, 0.15) is 30.5 Å². The van der Waals surface area contributed by atoms with Gasteiger partial charge in [-0.2, -0.15) is 0 Å². The first-order valence-electron chi connectivity index (χ1n) is 9.49. The summed E-state index contributed by atoms with van der Waals surface area (Å²) >= 11 is 0. The molecule has 0 fully saturated rings. The number of nitrogens with zero attached hydrogens (tertiary/aromatic N) is 2. The Morgan fingerprint density at radius 1 is 1.15 bits per heavy atom. The number of carbonyl (C=O) groups is 1. The number of fused-ring (bicyclic) bond motifs is 1. The standard InChI is InChI=1S/C22H24N2O3/c25-22(13-18-9-10-20-21(12-18)27-16-26-20)24(14-17-6-2-1-3-7-17)15-19-8-4-5-11-23-19/h1-2,4-5,8-12,17H,3,6-7,13-16H2/t17-/m1/s1. The molecule has 5 nitrogen and oxygen atoms in total. The minimum absolute atomic E-state index is 0.120. The molecule has 1 aliphatic carbocycles. The molecule has 2 aliphatic rings. The average Bonchev–Trinajstić information content (AvgIpc) is 3.17. The van der Waals surface area contributed by atoms with Crippen molar-refractivity contribution in [3.63, 3.8) is 0 Å². The maximum absolute atomic E-state index is 13.1. The van der Waals surface area contributed by atoms with E-state index in [0.717, 1.165) is 42.8 Å². The molecule has 0 radical (unpaired) electrons. The van der Waals surface area contributed by atoms with Crippen molar-refractivity contribution in [1.82, 2.24) is 9.88 Å². The van der Waals surface area contributed by atoms with Crippen molar-refractivity contribution in [3.8, 4) is 11.5 Å². The topological polar surface area (TPSA) is 51.7 Å². The molecule has 27 heavy (non-hydrogen) atoms. The summed E-state index contributed by atoms with van der Waals surface area (Å²) in [4.78, 5) is 19.5. The fourth-order valence-corrected chi connectivity index (χ4v) is 3.61. The highest BCUT2D eigenvalue weighted by Gasteiger charge is 2.21. The van der Waals surface area contributed by atoms with E-state index in [1.165, 1.54) is 0 Å². The van der Waals surface area contributed by atoms with E-state index in [0.29, 0.717) is 24.6 Å². The molecule has 140 valence electrons. The minimum atomic E-state index is 0.120. The summed E-state index contributed by atoms with van der Waals surface area (Å²) in [5.41, 5.74) is 1.86. The van der Waals surface area contributed by atoms with E-state index in [1.807, 2.05) is 41.3 Å². The summed E-state index contributed by atoms with van der Waals surface area (Å²) < 4.78 is 10.8. The lowest BCUT2D eigenvalue weighted by molar-refractivity contribution is -0.131. The summed E-state index contributed by atoms with van der Waals surface area (Å²) in [5, 5.41) is 0. The maximum Gasteiger partial charge on any atom is 0.231 e. The molecular weight excluding hydrogens is 340 g/mol. The Morgan fingerprint density at radius 2 is 2.07 bits per heavy atom. The molecule has 4 rings (SSSR count). The van der Waals surface area contributed by atoms with E-state index in [1.54, 1.807) is 6.20 Å². The number of hydrogen-bond acceptors (Lipinski definition) is 4. The molecule has 0 N–H and O–H groups in total. The van der Waals surface area contributed by atoms with Gasteiger partial charge in [-0.05, 0) is 55.0 Å². The molecule has 5 heteroatoms. The molecular formula is C22H24N2O3. The fourth-order valence-electron chi connectivity index (χ4n) is 3.61. The Bertz CT molecular complexity index is 820. The summed E-state index contributed by atoms with van der Waals surface area (Å²) in [6, 6.07) is 11.6. The third-order valence-corrected chi connectivity index (χ3v) is 5.08. The summed E-state index contributed by atoms with van der Waals surface area (Å²) in [6.45, 7) is 1.56. The molecule has 1 aromatic heterocycles. The number of rotatable bonds is 6. The molecule has 0 saturated heterocycles. The Labute approximate surface area is 159 Å². The van der Waals surface area contributed by atoms with E-state index in [9.17, 15) is 4.79 Å². The van der Waals surface area contributed by atoms with Crippen molar-refractivity contribution in [3.05, 3.63) is 66.0 Å². The molecule has 1 aliphatic heterocycles. The second-order valence-corrected chi connectivity index (χ2v) is 7.11. The van der Waals surface area contributed by atoms with Crippen LogP contribution in [0.25, 0.3) is 0 Å². The number of allylic oxidation sites excluding steroid dienone is 2. The molecule has 1 amide bonds. The zero-order valence-electron chi connectivity index (χ0n) is 15.3. The van der Waals surface area contributed by atoms with Crippen molar-refractivity contribution in [1.29, 1.82) is 0 Å². The van der Waals surface area contributed by atoms with Crippen LogP contribution >= 0.6 is 0 Å². The largest absolute Gasteiger partial charge is 0.454 e. The first-order valence-corrected chi connectivity index (χ1v) is 9.49. The third-order valence-electron chi connectivity index (χ3n) is 5.08. The number of hydrogen-bond donors (Lipinski definition) is 0. The van der Waals surface area contributed by atoms with Crippen LogP contribution in [0.15, 0.2) is 54.7 Å². The minimum Gasteiger partial charge on any atom is -0.454 e.